The molecule has 4 aliphatic rings. The third-order valence-electron chi connectivity index (χ3n) is 13.5. The SMILES string of the molecule is CCC=CCC=CCC=CCC=CCC=CCCCC(=O)O[C@H]1CC[C@@]2(C)C(=CCC3C4CCC([C@H](C)CCCC(C)C)[C@@]4(C)CCC32)C1. The second kappa shape index (κ2) is 20.1. The minimum absolute atomic E-state index is 0.00295. The summed E-state index contributed by atoms with van der Waals surface area (Å²) in [5, 5.41) is 0. The fourth-order valence-corrected chi connectivity index (χ4v) is 10.7. The van der Waals surface area contributed by atoms with Gasteiger partial charge in [0.25, 0.3) is 0 Å². The van der Waals surface area contributed by atoms with Crippen molar-refractivity contribution in [3.8, 4) is 0 Å². The number of esters is 1. The van der Waals surface area contributed by atoms with Crippen molar-refractivity contribution < 1.29 is 9.53 Å². The highest BCUT2D eigenvalue weighted by Gasteiger charge is 2.59. The molecule has 0 aromatic heterocycles. The van der Waals surface area contributed by atoms with E-state index >= 15 is 0 Å². The van der Waals surface area contributed by atoms with Crippen LogP contribution in [0.25, 0.3) is 0 Å². The van der Waals surface area contributed by atoms with Crippen LogP contribution in [0.3, 0.4) is 0 Å². The van der Waals surface area contributed by atoms with Gasteiger partial charge in [0.1, 0.15) is 6.10 Å². The van der Waals surface area contributed by atoms with E-state index in [-0.39, 0.29) is 12.1 Å². The highest BCUT2D eigenvalue weighted by Crippen LogP contribution is 2.67. The Kier molecular flexibility index (Phi) is 16.3. The summed E-state index contributed by atoms with van der Waals surface area (Å²) < 4.78 is 6.09. The molecule has 0 bridgehead atoms. The van der Waals surface area contributed by atoms with E-state index in [1.807, 2.05) is 0 Å². The Balaban J connectivity index is 1.13. The maximum Gasteiger partial charge on any atom is 0.306 e. The van der Waals surface area contributed by atoms with E-state index in [0.29, 0.717) is 17.3 Å². The Hall–Kier alpha value is -2.09. The van der Waals surface area contributed by atoms with Crippen molar-refractivity contribution in [1.82, 2.24) is 0 Å². The molecule has 2 heteroatoms. The molecule has 3 fully saturated rings. The Morgan fingerprint density at radius 3 is 2.10 bits per heavy atom. The lowest BCUT2D eigenvalue weighted by Crippen LogP contribution is -2.51. The average Bonchev–Trinajstić information content (AvgIpc) is 3.43. The van der Waals surface area contributed by atoms with Crippen molar-refractivity contribution >= 4 is 5.97 Å². The molecule has 49 heavy (non-hydrogen) atoms. The first-order valence-electron chi connectivity index (χ1n) is 20.8. The maximum absolute atomic E-state index is 12.8. The monoisotopic (exact) mass is 671 g/mol. The molecule has 0 radical (unpaired) electrons. The molecular formula is C47H74O2. The first kappa shape index (κ1) is 39.7. The zero-order valence-electron chi connectivity index (χ0n) is 32.6. The molecule has 0 amide bonds. The summed E-state index contributed by atoms with van der Waals surface area (Å²) in [6.07, 6.45) is 46.8. The molecule has 3 saturated carbocycles. The summed E-state index contributed by atoms with van der Waals surface area (Å²) in [5.41, 5.74) is 2.48. The van der Waals surface area contributed by atoms with Crippen LogP contribution in [-0.2, 0) is 9.53 Å². The summed E-state index contributed by atoms with van der Waals surface area (Å²) >= 11 is 0. The molecule has 0 aromatic rings. The highest BCUT2D eigenvalue weighted by atomic mass is 16.5. The lowest BCUT2D eigenvalue weighted by atomic mass is 9.47. The van der Waals surface area contributed by atoms with Crippen LogP contribution in [0.4, 0.5) is 0 Å². The predicted octanol–water partition coefficient (Wildman–Crippen LogP) is 13.9. The van der Waals surface area contributed by atoms with Crippen molar-refractivity contribution in [2.24, 2.45) is 46.3 Å². The van der Waals surface area contributed by atoms with Gasteiger partial charge in [-0.05, 0) is 136 Å². The topological polar surface area (TPSA) is 26.3 Å². The number of allylic oxidation sites excluding steroid dienone is 11. The van der Waals surface area contributed by atoms with Gasteiger partial charge in [-0.2, -0.15) is 0 Å². The van der Waals surface area contributed by atoms with Crippen LogP contribution in [0.2, 0.25) is 0 Å². The standard InChI is InChI=1S/C47H74O2/c1-7-8-9-10-11-12-13-14-15-16-17-18-19-20-21-22-23-27-45(48)49-40-32-34-46(5)39(36-40)28-29-41-43-31-30-42(38(4)26-24-25-37(2)3)47(43,6)35-33-44(41)46/h8-9,11-12,14-15,17-18,20-21,28,37-38,40-44H,7,10,13,16,19,22-27,29-36H2,1-6H3/t38-,40+,41?,42?,43?,44?,46+,47-/m1/s1. The Morgan fingerprint density at radius 2 is 1.45 bits per heavy atom. The third-order valence-corrected chi connectivity index (χ3v) is 13.5. The molecule has 0 heterocycles. The first-order valence-corrected chi connectivity index (χ1v) is 20.8. The molecule has 0 N–H and O–H groups in total. The Morgan fingerprint density at radius 1 is 0.796 bits per heavy atom. The normalized spacial score (nSPS) is 32.4. The van der Waals surface area contributed by atoms with Crippen molar-refractivity contribution in [2.75, 3.05) is 0 Å². The molecule has 2 nitrogen and oxygen atoms in total. The molecular weight excluding hydrogens is 597 g/mol. The molecule has 4 unspecified atom stereocenters. The number of carbonyl (C=O) groups excluding carboxylic acids is 1. The van der Waals surface area contributed by atoms with Crippen LogP contribution < -0.4 is 0 Å². The van der Waals surface area contributed by atoms with E-state index in [1.54, 1.807) is 5.57 Å². The van der Waals surface area contributed by atoms with Gasteiger partial charge in [0.15, 0.2) is 0 Å². The van der Waals surface area contributed by atoms with Crippen molar-refractivity contribution in [2.45, 2.75) is 170 Å². The van der Waals surface area contributed by atoms with Gasteiger partial charge in [-0.3, -0.25) is 4.79 Å². The lowest BCUT2D eigenvalue weighted by Gasteiger charge is -2.58. The van der Waals surface area contributed by atoms with Gasteiger partial charge < -0.3 is 4.74 Å². The summed E-state index contributed by atoms with van der Waals surface area (Å²) in [5.74, 6) is 5.20. The van der Waals surface area contributed by atoms with Crippen LogP contribution in [0.15, 0.2) is 72.4 Å². The van der Waals surface area contributed by atoms with Gasteiger partial charge in [-0.1, -0.05) is 133 Å². The van der Waals surface area contributed by atoms with Crippen molar-refractivity contribution in [3.63, 3.8) is 0 Å². The minimum atomic E-state index is 0.00295. The zero-order valence-corrected chi connectivity index (χ0v) is 32.6. The zero-order chi connectivity index (χ0) is 35.1. The predicted molar refractivity (Wildman–Crippen MR) is 211 cm³/mol. The van der Waals surface area contributed by atoms with Gasteiger partial charge >= 0.3 is 5.97 Å². The van der Waals surface area contributed by atoms with E-state index in [0.717, 1.165) is 93.3 Å². The number of unbranched alkanes of at least 4 members (excludes halogenated alkanes) is 1. The van der Waals surface area contributed by atoms with E-state index in [2.05, 4.69) is 108 Å². The smallest absolute Gasteiger partial charge is 0.306 e. The van der Waals surface area contributed by atoms with Crippen LogP contribution in [0.1, 0.15) is 164 Å². The molecule has 0 aliphatic heterocycles. The average molecular weight is 671 g/mol. The fraction of sp³-hybridized carbons (Fsp3) is 0.723. The van der Waals surface area contributed by atoms with Crippen LogP contribution >= 0.6 is 0 Å². The summed E-state index contributed by atoms with van der Waals surface area (Å²) in [6.45, 7) is 14.8. The number of hydrogen-bond donors (Lipinski definition) is 0. The van der Waals surface area contributed by atoms with Gasteiger partial charge in [0, 0.05) is 12.8 Å². The van der Waals surface area contributed by atoms with E-state index in [4.69, 9.17) is 4.74 Å². The van der Waals surface area contributed by atoms with Crippen LogP contribution in [-0.4, -0.2) is 12.1 Å². The van der Waals surface area contributed by atoms with Crippen LogP contribution in [0, 0.1) is 46.3 Å². The van der Waals surface area contributed by atoms with Gasteiger partial charge in [-0.25, -0.2) is 0 Å². The molecule has 4 rings (SSSR count). The molecule has 274 valence electrons. The fourth-order valence-electron chi connectivity index (χ4n) is 10.7. The quantitative estimate of drug-likeness (QED) is 0.0776. The second-order valence-corrected chi connectivity index (χ2v) is 17.2. The first-order chi connectivity index (χ1) is 23.7. The molecule has 8 atom stereocenters. The van der Waals surface area contributed by atoms with E-state index < -0.39 is 0 Å². The minimum Gasteiger partial charge on any atom is -0.462 e. The summed E-state index contributed by atoms with van der Waals surface area (Å²) in [6, 6.07) is 0. The van der Waals surface area contributed by atoms with Crippen molar-refractivity contribution in [3.05, 3.63) is 72.4 Å². The number of rotatable bonds is 19. The number of fused-ring (bicyclic) bond motifs is 5. The summed E-state index contributed by atoms with van der Waals surface area (Å²) in [4.78, 5) is 12.8. The molecule has 0 aromatic carbocycles. The molecule has 0 saturated heterocycles. The second-order valence-electron chi connectivity index (χ2n) is 17.2. The van der Waals surface area contributed by atoms with Crippen molar-refractivity contribution in [1.29, 1.82) is 0 Å². The maximum atomic E-state index is 12.8. The van der Waals surface area contributed by atoms with E-state index in [1.165, 1.54) is 57.8 Å². The van der Waals surface area contributed by atoms with Gasteiger partial charge in [0.2, 0.25) is 0 Å². The highest BCUT2D eigenvalue weighted by molar-refractivity contribution is 5.69. The summed E-state index contributed by atoms with van der Waals surface area (Å²) in [7, 11) is 0. The Bertz CT molecular complexity index is 1180. The number of ether oxygens (including phenoxy) is 1. The largest absolute Gasteiger partial charge is 0.462 e. The molecule has 4 aliphatic carbocycles. The lowest BCUT2D eigenvalue weighted by molar-refractivity contribution is -0.151. The number of carbonyl (C=O) groups is 1. The van der Waals surface area contributed by atoms with Gasteiger partial charge in [-0.15, -0.1) is 0 Å². The van der Waals surface area contributed by atoms with Crippen LogP contribution in [0.5, 0.6) is 0 Å². The number of hydrogen-bond acceptors (Lipinski definition) is 2. The van der Waals surface area contributed by atoms with E-state index in [9.17, 15) is 4.79 Å². The molecule has 0 spiro atoms. The van der Waals surface area contributed by atoms with Gasteiger partial charge in [0.05, 0.1) is 0 Å². The third kappa shape index (κ3) is 11.2. The Labute approximate surface area is 303 Å².